The number of aryl methyl sites for hydroxylation is 1. The largest absolute Gasteiger partial charge is 0.486 e. The second-order valence-corrected chi connectivity index (χ2v) is 5.25. The van der Waals surface area contributed by atoms with Crippen LogP contribution >= 0.6 is 0 Å². The van der Waals surface area contributed by atoms with E-state index in [2.05, 4.69) is 28.7 Å². The van der Waals surface area contributed by atoms with Crippen LogP contribution < -0.4 is 14.8 Å². The molecule has 21 heavy (non-hydrogen) atoms. The smallest absolute Gasteiger partial charge is 0.161 e. The van der Waals surface area contributed by atoms with Crippen LogP contribution in [0.1, 0.15) is 11.1 Å². The molecule has 1 aliphatic heterocycles. The Kier molecular flexibility index (Phi) is 4.40. The second-order valence-electron chi connectivity index (χ2n) is 5.25. The summed E-state index contributed by atoms with van der Waals surface area (Å²) in [5.41, 5.74) is 2.54. The van der Waals surface area contributed by atoms with Gasteiger partial charge in [-0.05, 0) is 49.2 Å². The predicted molar refractivity (Wildman–Crippen MR) is 80.9 cm³/mol. The number of ether oxygens (including phenoxy) is 2. The highest BCUT2D eigenvalue weighted by Gasteiger charge is 2.11. The molecule has 0 bridgehead atoms. The molecule has 112 valence electrons. The van der Waals surface area contributed by atoms with E-state index in [1.165, 1.54) is 11.1 Å². The lowest BCUT2D eigenvalue weighted by atomic mass is 10.1. The molecular formula is C16H21N3O2. The third-order valence-electron chi connectivity index (χ3n) is 3.55. The van der Waals surface area contributed by atoms with Crippen LogP contribution in [0.15, 0.2) is 30.6 Å². The number of hydrogen-bond acceptors (Lipinski definition) is 4. The van der Waals surface area contributed by atoms with Crippen molar-refractivity contribution in [1.29, 1.82) is 0 Å². The van der Waals surface area contributed by atoms with Crippen molar-refractivity contribution < 1.29 is 9.47 Å². The summed E-state index contributed by atoms with van der Waals surface area (Å²) in [5.74, 6) is 1.73. The summed E-state index contributed by atoms with van der Waals surface area (Å²) in [6.07, 6.45) is 5.98. The standard InChI is InChI=1S/C16H21N3O2/c1-19-12-14(11-18-19)5-7-17-6-4-13-2-3-15-16(10-13)21-9-8-20-15/h2-3,10-12,17H,4-9H2,1H3. The van der Waals surface area contributed by atoms with Gasteiger partial charge in [-0.25, -0.2) is 0 Å². The molecule has 0 radical (unpaired) electrons. The molecule has 1 aromatic carbocycles. The van der Waals surface area contributed by atoms with E-state index in [0.29, 0.717) is 13.2 Å². The number of hydrogen-bond donors (Lipinski definition) is 1. The SMILES string of the molecule is Cn1cc(CCNCCc2ccc3c(c2)OCCO3)cn1. The fraction of sp³-hybridized carbons (Fsp3) is 0.438. The molecular weight excluding hydrogens is 266 g/mol. The molecule has 0 spiro atoms. The number of benzene rings is 1. The Labute approximate surface area is 124 Å². The Morgan fingerprint density at radius 2 is 1.86 bits per heavy atom. The van der Waals surface area contributed by atoms with Gasteiger partial charge in [0.25, 0.3) is 0 Å². The Morgan fingerprint density at radius 1 is 1.10 bits per heavy atom. The average Bonchev–Trinajstić information content (AvgIpc) is 2.92. The number of nitrogens with one attached hydrogen (secondary N) is 1. The normalized spacial score (nSPS) is 13.4. The van der Waals surface area contributed by atoms with Gasteiger partial charge in [-0.1, -0.05) is 6.07 Å². The second kappa shape index (κ2) is 6.63. The van der Waals surface area contributed by atoms with Gasteiger partial charge in [-0.15, -0.1) is 0 Å². The van der Waals surface area contributed by atoms with Crippen LogP contribution in [0.4, 0.5) is 0 Å². The first-order chi connectivity index (χ1) is 10.3. The van der Waals surface area contributed by atoms with Crippen LogP contribution in [0, 0.1) is 0 Å². The fourth-order valence-electron chi connectivity index (χ4n) is 2.43. The maximum atomic E-state index is 5.60. The van der Waals surface area contributed by atoms with Gasteiger partial charge >= 0.3 is 0 Å². The summed E-state index contributed by atoms with van der Waals surface area (Å²) in [4.78, 5) is 0. The molecule has 0 atom stereocenters. The zero-order valence-electron chi connectivity index (χ0n) is 12.3. The lowest BCUT2D eigenvalue weighted by Gasteiger charge is -2.18. The van der Waals surface area contributed by atoms with E-state index in [4.69, 9.17) is 9.47 Å². The van der Waals surface area contributed by atoms with Crippen molar-refractivity contribution in [3.63, 3.8) is 0 Å². The topological polar surface area (TPSA) is 48.3 Å². The van der Waals surface area contributed by atoms with Crippen molar-refractivity contribution in [3.05, 3.63) is 41.7 Å². The predicted octanol–water partition coefficient (Wildman–Crippen LogP) is 1.57. The van der Waals surface area contributed by atoms with Crippen molar-refractivity contribution in [2.24, 2.45) is 7.05 Å². The minimum atomic E-state index is 0.639. The first-order valence-electron chi connectivity index (χ1n) is 7.38. The molecule has 0 aliphatic carbocycles. The number of aromatic nitrogens is 2. The molecule has 5 nitrogen and oxygen atoms in total. The van der Waals surface area contributed by atoms with Gasteiger partial charge in [-0.3, -0.25) is 4.68 Å². The summed E-state index contributed by atoms with van der Waals surface area (Å²) in [6, 6.07) is 6.19. The molecule has 1 aromatic heterocycles. The fourth-order valence-corrected chi connectivity index (χ4v) is 2.43. The van der Waals surface area contributed by atoms with E-state index in [1.54, 1.807) is 0 Å². The number of fused-ring (bicyclic) bond motifs is 1. The molecule has 0 unspecified atom stereocenters. The summed E-state index contributed by atoms with van der Waals surface area (Å²) in [7, 11) is 1.94. The molecule has 0 saturated heterocycles. The van der Waals surface area contributed by atoms with E-state index in [0.717, 1.165) is 37.4 Å². The van der Waals surface area contributed by atoms with Crippen LogP contribution in [0.25, 0.3) is 0 Å². The van der Waals surface area contributed by atoms with Crippen molar-refractivity contribution in [1.82, 2.24) is 15.1 Å². The molecule has 0 amide bonds. The van der Waals surface area contributed by atoms with Crippen molar-refractivity contribution >= 4 is 0 Å². The monoisotopic (exact) mass is 287 g/mol. The van der Waals surface area contributed by atoms with Gasteiger partial charge in [0.15, 0.2) is 11.5 Å². The summed E-state index contributed by atoms with van der Waals surface area (Å²) >= 11 is 0. The molecule has 2 aromatic rings. The van der Waals surface area contributed by atoms with Gasteiger partial charge in [0.1, 0.15) is 13.2 Å². The van der Waals surface area contributed by atoms with E-state index in [9.17, 15) is 0 Å². The van der Waals surface area contributed by atoms with E-state index >= 15 is 0 Å². The highest BCUT2D eigenvalue weighted by molar-refractivity contribution is 5.43. The maximum Gasteiger partial charge on any atom is 0.161 e. The molecule has 1 N–H and O–H groups in total. The average molecular weight is 287 g/mol. The van der Waals surface area contributed by atoms with Crippen LogP contribution in [0.3, 0.4) is 0 Å². The molecule has 5 heteroatoms. The quantitative estimate of drug-likeness (QED) is 0.819. The minimum Gasteiger partial charge on any atom is -0.486 e. The van der Waals surface area contributed by atoms with Crippen molar-refractivity contribution in [2.45, 2.75) is 12.8 Å². The Bertz CT molecular complexity index is 595. The Balaban J connectivity index is 1.41. The third kappa shape index (κ3) is 3.76. The minimum absolute atomic E-state index is 0.639. The van der Waals surface area contributed by atoms with E-state index in [1.807, 2.05) is 24.0 Å². The number of nitrogens with zero attached hydrogens (tertiary/aromatic N) is 2. The summed E-state index contributed by atoms with van der Waals surface area (Å²) < 4.78 is 13.0. The lowest BCUT2D eigenvalue weighted by molar-refractivity contribution is 0.171. The highest BCUT2D eigenvalue weighted by Crippen LogP contribution is 2.30. The van der Waals surface area contributed by atoms with Gasteiger partial charge < -0.3 is 14.8 Å². The zero-order valence-corrected chi connectivity index (χ0v) is 12.3. The summed E-state index contributed by atoms with van der Waals surface area (Å²) in [5, 5.41) is 7.63. The van der Waals surface area contributed by atoms with Crippen LogP contribution in [-0.2, 0) is 19.9 Å². The molecule has 1 aliphatic rings. The van der Waals surface area contributed by atoms with E-state index < -0.39 is 0 Å². The van der Waals surface area contributed by atoms with Crippen LogP contribution in [0.2, 0.25) is 0 Å². The zero-order chi connectivity index (χ0) is 14.5. The Hall–Kier alpha value is -2.01. The maximum absolute atomic E-state index is 5.60. The third-order valence-corrected chi connectivity index (χ3v) is 3.55. The summed E-state index contributed by atoms with van der Waals surface area (Å²) in [6.45, 7) is 3.21. The first kappa shape index (κ1) is 13.9. The molecule has 3 rings (SSSR count). The van der Waals surface area contributed by atoms with Gasteiger partial charge in [0.05, 0.1) is 6.20 Å². The van der Waals surface area contributed by atoms with Gasteiger partial charge in [0.2, 0.25) is 0 Å². The van der Waals surface area contributed by atoms with Crippen molar-refractivity contribution in [3.8, 4) is 11.5 Å². The lowest BCUT2D eigenvalue weighted by Crippen LogP contribution is -2.20. The first-order valence-corrected chi connectivity index (χ1v) is 7.38. The van der Waals surface area contributed by atoms with Crippen molar-refractivity contribution in [2.75, 3.05) is 26.3 Å². The molecule has 0 fully saturated rings. The van der Waals surface area contributed by atoms with Crippen LogP contribution in [-0.4, -0.2) is 36.1 Å². The highest BCUT2D eigenvalue weighted by atomic mass is 16.6. The molecule has 2 heterocycles. The Morgan fingerprint density at radius 3 is 2.62 bits per heavy atom. The van der Waals surface area contributed by atoms with E-state index in [-0.39, 0.29) is 0 Å². The van der Waals surface area contributed by atoms with Gasteiger partial charge in [-0.2, -0.15) is 5.10 Å². The number of rotatable bonds is 6. The van der Waals surface area contributed by atoms with Crippen LogP contribution in [0.5, 0.6) is 11.5 Å². The molecule has 0 saturated carbocycles. The van der Waals surface area contributed by atoms with Gasteiger partial charge in [0, 0.05) is 13.2 Å².